The Labute approximate surface area is 333 Å². The highest BCUT2D eigenvalue weighted by molar-refractivity contribution is 6.13. The van der Waals surface area contributed by atoms with Crippen LogP contribution < -0.4 is 4.74 Å². The van der Waals surface area contributed by atoms with Gasteiger partial charge in [0.15, 0.2) is 11.5 Å². The molecular weight excluding hydrogens is 707 g/mol. The van der Waals surface area contributed by atoms with Crippen molar-refractivity contribution in [1.29, 1.82) is 0 Å². The molecule has 3 aromatic heterocycles. The van der Waals surface area contributed by atoms with Crippen molar-refractivity contribution in [1.82, 2.24) is 13.7 Å². The van der Waals surface area contributed by atoms with E-state index >= 15 is 0 Å². The summed E-state index contributed by atoms with van der Waals surface area (Å²) in [6.07, 6.45) is 0. The summed E-state index contributed by atoms with van der Waals surface area (Å²) in [7, 11) is 0. The Morgan fingerprint density at radius 3 is 1.43 bits per heavy atom. The molecule has 270 valence electrons. The average Bonchev–Trinajstić information content (AvgIpc) is 3.93. The summed E-state index contributed by atoms with van der Waals surface area (Å²) < 4.78 is 13.9. The molecule has 13 rings (SSSR count). The molecule has 1 aliphatic rings. The van der Waals surface area contributed by atoms with Crippen LogP contribution in [0, 0.1) is 0 Å². The van der Waals surface area contributed by atoms with Crippen molar-refractivity contribution in [2.45, 2.75) is 0 Å². The predicted octanol–water partition coefficient (Wildman–Crippen LogP) is 14.4. The van der Waals surface area contributed by atoms with E-state index in [9.17, 15) is 0 Å². The minimum Gasteiger partial charge on any atom is -0.452 e. The maximum atomic E-state index is 6.72. The van der Waals surface area contributed by atoms with E-state index in [4.69, 9.17) is 4.74 Å². The summed E-state index contributed by atoms with van der Waals surface area (Å²) >= 11 is 0. The number of hydrogen-bond acceptors (Lipinski definition) is 1. The Balaban J connectivity index is 0.867. The molecule has 12 aromatic rings. The van der Waals surface area contributed by atoms with Gasteiger partial charge in [-0.05, 0) is 83.4 Å². The van der Waals surface area contributed by atoms with E-state index in [1.807, 2.05) is 0 Å². The van der Waals surface area contributed by atoms with Crippen LogP contribution in [0.4, 0.5) is 0 Å². The number of aromatic nitrogens is 3. The first-order valence-corrected chi connectivity index (χ1v) is 19.8. The van der Waals surface area contributed by atoms with Crippen LogP contribution in [0.2, 0.25) is 0 Å². The number of hydrogen-bond donors (Lipinski definition) is 0. The van der Waals surface area contributed by atoms with Gasteiger partial charge in [0, 0.05) is 49.3 Å². The number of fused-ring (bicyclic) bond motifs is 11. The lowest BCUT2D eigenvalue weighted by atomic mass is 9.98. The summed E-state index contributed by atoms with van der Waals surface area (Å²) in [6.45, 7) is 0. The van der Waals surface area contributed by atoms with E-state index in [0.29, 0.717) is 0 Å². The third-order valence-corrected chi connectivity index (χ3v) is 12.3. The lowest BCUT2D eigenvalue weighted by molar-refractivity contribution is 0.478. The van der Waals surface area contributed by atoms with E-state index < -0.39 is 0 Å². The van der Waals surface area contributed by atoms with Crippen LogP contribution in [0.1, 0.15) is 0 Å². The molecule has 0 radical (unpaired) electrons. The highest BCUT2D eigenvalue weighted by Gasteiger charge is 2.26. The van der Waals surface area contributed by atoms with Gasteiger partial charge in [0.25, 0.3) is 0 Å². The molecule has 0 fully saturated rings. The summed E-state index contributed by atoms with van der Waals surface area (Å²) in [5.41, 5.74) is 15.0. The first-order valence-electron chi connectivity index (χ1n) is 19.8. The molecule has 9 aromatic carbocycles. The molecule has 0 unspecified atom stereocenters. The Bertz CT molecular complexity index is 3580. The predicted molar refractivity (Wildman–Crippen MR) is 240 cm³/mol. The van der Waals surface area contributed by atoms with Crippen LogP contribution in [0.25, 0.3) is 105 Å². The van der Waals surface area contributed by atoms with E-state index in [1.165, 1.54) is 71.0 Å². The number of benzene rings is 9. The molecule has 0 saturated heterocycles. The fourth-order valence-corrected chi connectivity index (χ4v) is 9.69. The molecule has 0 spiro atoms. The van der Waals surface area contributed by atoms with Crippen LogP contribution in [0.5, 0.6) is 11.5 Å². The molecule has 0 saturated carbocycles. The van der Waals surface area contributed by atoms with Gasteiger partial charge in [-0.25, -0.2) is 0 Å². The molecule has 4 heterocycles. The van der Waals surface area contributed by atoms with Gasteiger partial charge in [0.05, 0.1) is 38.8 Å². The lowest BCUT2D eigenvalue weighted by Gasteiger charge is -2.23. The van der Waals surface area contributed by atoms with Gasteiger partial charge in [-0.3, -0.25) is 0 Å². The number of para-hydroxylation sites is 6. The minimum absolute atomic E-state index is 0.884. The molecule has 1 aliphatic heterocycles. The molecule has 0 amide bonds. The zero-order chi connectivity index (χ0) is 37.9. The summed E-state index contributed by atoms with van der Waals surface area (Å²) in [6, 6.07) is 72.4. The van der Waals surface area contributed by atoms with Crippen molar-refractivity contribution in [3.8, 4) is 50.8 Å². The molecular formula is C54H33N3O. The van der Waals surface area contributed by atoms with Gasteiger partial charge in [-0.2, -0.15) is 0 Å². The SMILES string of the molecule is c1cc(-c2ccc(-c3ccc(-n4c5ccccc5c5cc(-n6c7ccccc7c7ccccc76)ccc54)cc3)cc2)c2c(c1)-n1c3ccccc3c3cccc(c31)O2. The zero-order valence-corrected chi connectivity index (χ0v) is 31.3. The lowest BCUT2D eigenvalue weighted by Crippen LogP contribution is -2.05. The minimum atomic E-state index is 0.884. The van der Waals surface area contributed by atoms with Crippen LogP contribution in [-0.2, 0) is 0 Å². The maximum absolute atomic E-state index is 6.72. The molecule has 0 atom stereocenters. The van der Waals surface area contributed by atoms with Crippen molar-refractivity contribution < 1.29 is 4.74 Å². The van der Waals surface area contributed by atoms with Gasteiger partial charge < -0.3 is 18.4 Å². The number of rotatable bonds is 4. The van der Waals surface area contributed by atoms with Gasteiger partial charge in [0.2, 0.25) is 0 Å². The van der Waals surface area contributed by atoms with E-state index in [-0.39, 0.29) is 0 Å². The van der Waals surface area contributed by atoms with Crippen LogP contribution in [0.3, 0.4) is 0 Å². The molecule has 0 aliphatic carbocycles. The molecule has 0 N–H and O–H groups in total. The van der Waals surface area contributed by atoms with Crippen molar-refractivity contribution in [3.63, 3.8) is 0 Å². The quantitative estimate of drug-likeness (QED) is 0.176. The topological polar surface area (TPSA) is 24.0 Å². The monoisotopic (exact) mass is 739 g/mol. The smallest absolute Gasteiger partial charge is 0.159 e. The first-order chi connectivity index (χ1) is 28.8. The molecule has 58 heavy (non-hydrogen) atoms. The van der Waals surface area contributed by atoms with Gasteiger partial charge >= 0.3 is 0 Å². The van der Waals surface area contributed by atoms with E-state index in [2.05, 4.69) is 214 Å². The van der Waals surface area contributed by atoms with Gasteiger partial charge in [0.1, 0.15) is 0 Å². The fourth-order valence-electron chi connectivity index (χ4n) is 9.69. The van der Waals surface area contributed by atoms with Crippen LogP contribution in [0.15, 0.2) is 200 Å². The normalized spacial score (nSPS) is 12.3. The number of ether oxygens (including phenoxy) is 1. The number of nitrogens with zero attached hydrogens (tertiary/aromatic N) is 3. The van der Waals surface area contributed by atoms with Gasteiger partial charge in [-0.1, -0.05) is 133 Å². The Kier molecular flexibility index (Phi) is 6.41. The second-order valence-corrected chi connectivity index (χ2v) is 15.3. The van der Waals surface area contributed by atoms with Crippen molar-refractivity contribution >= 4 is 65.4 Å². The fraction of sp³-hybridized carbons (Fsp3) is 0. The van der Waals surface area contributed by atoms with Crippen LogP contribution >= 0.6 is 0 Å². The van der Waals surface area contributed by atoms with Crippen molar-refractivity contribution in [3.05, 3.63) is 200 Å². The average molecular weight is 740 g/mol. The first kappa shape index (κ1) is 31.4. The van der Waals surface area contributed by atoms with E-state index in [0.717, 1.165) is 45.2 Å². The van der Waals surface area contributed by atoms with Crippen molar-refractivity contribution in [2.75, 3.05) is 0 Å². The third kappa shape index (κ3) is 4.34. The second-order valence-electron chi connectivity index (χ2n) is 15.3. The zero-order valence-electron chi connectivity index (χ0n) is 31.3. The Morgan fingerprint density at radius 2 is 0.776 bits per heavy atom. The molecule has 0 bridgehead atoms. The summed E-state index contributed by atoms with van der Waals surface area (Å²) in [4.78, 5) is 0. The maximum Gasteiger partial charge on any atom is 0.159 e. The standard InChI is InChI=1S/C54H33N3O/c1-5-17-46-40(11-1)41-12-2-6-18-47(41)56(46)38-31-32-50-45(33-38)43-14-4-7-19-48(43)55(50)37-29-27-35(28-30-37)34-23-25-36(26-24-34)39-15-9-21-51-54(39)58-52-22-10-16-44-42-13-3-8-20-49(42)57(51)53(44)52/h1-33H. The second kappa shape index (κ2) is 11.8. The molecule has 4 nitrogen and oxygen atoms in total. The largest absolute Gasteiger partial charge is 0.452 e. The highest BCUT2D eigenvalue weighted by atomic mass is 16.5. The highest BCUT2D eigenvalue weighted by Crippen LogP contribution is 2.49. The summed E-state index contributed by atoms with van der Waals surface area (Å²) in [5.74, 6) is 1.77. The third-order valence-electron chi connectivity index (χ3n) is 12.3. The van der Waals surface area contributed by atoms with Gasteiger partial charge in [-0.15, -0.1) is 0 Å². The van der Waals surface area contributed by atoms with Crippen LogP contribution in [-0.4, -0.2) is 13.7 Å². The Morgan fingerprint density at radius 1 is 0.310 bits per heavy atom. The van der Waals surface area contributed by atoms with Crippen molar-refractivity contribution in [2.24, 2.45) is 0 Å². The summed E-state index contributed by atoms with van der Waals surface area (Å²) in [5, 5.41) is 7.46. The molecule has 4 heteroatoms. The van der Waals surface area contributed by atoms with E-state index in [1.54, 1.807) is 0 Å². The Hall–Kier alpha value is -7.82.